The van der Waals surface area contributed by atoms with Gasteiger partial charge in [0.25, 0.3) is 15.7 Å². The number of benzene rings is 3. The molecule has 0 bridgehead atoms. The number of hydrogen-bond acceptors (Lipinski definition) is 11. The number of sulfonamides is 2. The number of carbonyl (C=O) groups excluding carboxylic acids is 1. The van der Waals surface area contributed by atoms with E-state index in [0.717, 1.165) is 16.9 Å². The minimum absolute atomic E-state index is 0.0337. The van der Waals surface area contributed by atoms with Crippen molar-refractivity contribution in [3.8, 4) is 0 Å². The van der Waals surface area contributed by atoms with E-state index in [2.05, 4.69) is 37.5 Å². The van der Waals surface area contributed by atoms with Gasteiger partial charge in [-0.25, -0.2) is 27.1 Å². The van der Waals surface area contributed by atoms with Crippen molar-refractivity contribution < 1.29 is 26.6 Å². The highest BCUT2D eigenvalue weighted by atomic mass is 32.2. The largest absolute Gasteiger partial charge is 0.362 e. The Labute approximate surface area is 308 Å². The molecule has 1 heterocycles. The number of aromatic nitrogens is 3. The van der Waals surface area contributed by atoms with Gasteiger partial charge in [-0.15, -0.1) is 5.10 Å². The Balaban J connectivity index is 1.15. The Kier molecular flexibility index (Phi) is 15.5. The molecule has 0 aliphatic carbocycles. The maximum absolute atomic E-state index is 13.0. The Hall–Kier alpha value is -4.42. The average Bonchev–Trinajstić information content (AvgIpc) is 3.55. The van der Waals surface area contributed by atoms with Gasteiger partial charge in [0.05, 0.1) is 21.3 Å². The number of anilines is 3. The van der Waals surface area contributed by atoms with Crippen molar-refractivity contribution in [3.05, 3.63) is 76.8 Å². The third-order valence-electron chi connectivity index (χ3n) is 8.11. The van der Waals surface area contributed by atoms with Crippen molar-refractivity contribution >= 4 is 71.6 Å². The molecule has 0 fully saturated rings. The summed E-state index contributed by atoms with van der Waals surface area (Å²) in [6.07, 6.45) is 14.0. The van der Waals surface area contributed by atoms with Gasteiger partial charge in [0.1, 0.15) is 11.0 Å². The molecule has 0 aliphatic heterocycles. The lowest BCUT2D eigenvalue weighted by Crippen LogP contribution is -2.34. The number of nitrogens with zero attached hydrogens (tertiary/aromatic N) is 4. The van der Waals surface area contributed by atoms with Gasteiger partial charge in [-0.3, -0.25) is 25.0 Å². The second-order valence-electron chi connectivity index (χ2n) is 12.3. The lowest BCUT2D eigenvalue weighted by molar-refractivity contribution is -0.384. The van der Waals surface area contributed by atoms with Crippen LogP contribution in [0, 0.1) is 10.1 Å². The second-order valence-corrected chi connectivity index (χ2v) is 17.0. The van der Waals surface area contributed by atoms with Crippen LogP contribution in [0.3, 0.4) is 0 Å². The summed E-state index contributed by atoms with van der Waals surface area (Å²) in [6, 6.07) is 14.5. The Bertz CT molecular complexity index is 1970. The lowest BCUT2D eigenvalue weighted by atomic mass is 10.1. The van der Waals surface area contributed by atoms with Crippen LogP contribution in [0.2, 0.25) is 0 Å². The van der Waals surface area contributed by atoms with Crippen LogP contribution < -0.4 is 20.3 Å². The zero-order valence-electron chi connectivity index (χ0n) is 29.1. The summed E-state index contributed by atoms with van der Waals surface area (Å²) in [6.45, 7) is 2.23. The number of unbranched alkanes of at least 4 members (excludes halogenated alkanes) is 10. The molecule has 18 heteroatoms. The van der Waals surface area contributed by atoms with Crippen LogP contribution in [0.25, 0.3) is 11.0 Å². The average molecular weight is 775 g/mol. The fourth-order valence-electron chi connectivity index (χ4n) is 5.26. The number of carbonyl (C=O) groups is 1. The van der Waals surface area contributed by atoms with Gasteiger partial charge in [0, 0.05) is 29.3 Å². The van der Waals surface area contributed by atoms with Crippen LogP contribution in [0.5, 0.6) is 0 Å². The third-order valence-corrected chi connectivity index (χ3v) is 12.1. The van der Waals surface area contributed by atoms with E-state index in [1.807, 2.05) is 0 Å². The van der Waals surface area contributed by atoms with E-state index in [1.165, 1.54) is 131 Å². The number of amides is 1. The van der Waals surface area contributed by atoms with Crippen LogP contribution in [0.15, 0.2) is 71.6 Å². The molecule has 4 rings (SSSR count). The van der Waals surface area contributed by atoms with Gasteiger partial charge in [0.2, 0.25) is 10.0 Å². The predicted molar refractivity (Wildman–Crippen MR) is 207 cm³/mol. The third kappa shape index (κ3) is 13.0. The molecule has 0 unspecified atom stereocenters. The Morgan fingerprint density at radius 1 is 0.769 bits per heavy atom. The summed E-state index contributed by atoms with van der Waals surface area (Å²) in [7, 11) is -7.59. The lowest BCUT2D eigenvalue weighted by Gasteiger charge is -2.12. The number of hydrazine groups is 1. The zero-order chi connectivity index (χ0) is 37.4. The van der Waals surface area contributed by atoms with E-state index in [4.69, 9.17) is 0 Å². The Morgan fingerprint density at radius 2 is 1.35 bits per heavy atom. The summed E-state index contributed by atoms with van der Waals surface area (Å²) in [4.78, 5) is 23.1. The molecule has 0 atom stereocenters. The molecular formula is C34H46N8O7S3. The molecule has 3 aromatic carbocycles. The van der Waals surface area contributed by atoms with Crippen LogP contribution in [-0.4, -0.2) is 60.0 Å². The fraction of sp³-hybridized carbons (Fsp3) is 0.441. The SMILES string of the molecule is CCCCCCCCCCCCCSCCS(=O)(=O)Nc1ccc(S(=O)(=O)Nc2ccc(NNC(=O)n3nnc4ccc([N+](=O)[O-])cc43)cc2)cc1. The van der Waals surface area contributed by atoms with Crippen LogP contribution in [-0.2, 0) is 20.0 Å². The number of thioether (sulfide) groups is 1. The molecule has 1 aromatic heterocycles. The number of non-ortho nitro benzene ring substituents is 1. The van der Waals surface area contributed by atoms with Crippen molar-refractivity contribution in [1.82, 2.24) is 20.4 Å². The fourth-order valence-corrected chi connectivity index (χ4v) is 8.87. The first kappa shape index (κ1) is 40.4. The number of nitrogens with one attached hydrogen (secondary N) is 4. The molecular weight excluding hydrogens is 729 g/mol. The number of rotatable bonds is 23. The first-order valence-electron chi connectivity index (χ1n) is 17.3. The van der Waals surface area contributed by atoms with Crippen molar-refractivity contribution in [3.63, 3.8) is 0 Å². The maximum atomic E-state index is 13.0. The van der Waals surface area contributed by atoms with Gasteiger partial charge in [-0.2, -0.15) is 16.4 Å². The number of hydrogen-bond donors (Lipinski definition) is 4. The van der Waals surface area contributed by atoms with Crippen molar-refractivity contribution in [2.45, 2.75) is 82.4 Å². The molecule has 0 spiro atoms. The minimum atomic E-state index is -4.00. The highest BCUT2D eigenvalue weighted by molar-refractivity contribution is 8.00. The first-order valence-corrected chi connectivity index (χ1v) is 21.6. The summed E-state index contributed by atoms with van der Waals surface area (Å²) < 4.78 is 57.0. The van der Waals surface area contributed by atoms with E-state index in [9.17, 15) is 31.7 Å². The predicted octanol–water partition coefficient (Wildman–Crippen LogP) is 7.51. The van der Waals surface area contributed by atoms with Gasteiger partial charge in [-0.1, -0.05) is 76.3 Å². The zero-order valence-corrected chi connectivity index (χ0v) is 31.6. The van der Waals surface area contributed by atoms with E-state index < -0.39 is 31.0 Å². The first-order chi connectivity index (χ1) is 25.0. The van der Waals surface area contributed by atoms with Crippen LogP contribution in [0.1, 0.15) is 77.6 Å². The van der Waals surface area contributed by atoms with Crippen LogP contribution in [0.4, 0.5) is 27.5 Å². The van der Waals surface area contributed by atoms with Gasteiger partial charge < -0.3 is 0 Å². The summed E-state index contributed by atoms with van der Waals surface area (Å²) in [5.41, 5.74) is 6.18. The standard InChI is InChI=1S/C34H46N8O7S3/c1-2-3-4-5-6-7-8-9-10-11-12-23-50-24-25-51(46,47)38-28-17-20-31(21-18-28)52(48,49)39-29-15-13-27(14-16-29)35-37-34(43)41-33-26-30(42(44)45)19-22-32(33)36-40-41/h13-22,26,35,38-39H,2-12,23-25H2,1H3,(H,37,43). The molecule has 4 N–H and O–H groups in total. The van der Waals surface area contributed by atoms with Gasteiger partial charge in [-0.05, 0) is 66.8 Å². The van der Waals surface area contributed by atoms with E-state index in [0.29, 0.717) is 17.0 Å². The molecule has 0 radical (unpaired) electrons. The number of nitro benzene ring substituents is 1. The quantitative estimate of drug-likeness (QED) is 0.0329. The van der Waals surface area contributed by atoms with E-state index in [-0.39, 0.29) is 33.2 Å². The summed E-state index contributed by atoms with van der Waals surface area (Å²) in [5, 5.41) is 18.6. The van der Waals surface area contributed by atoms with Crippen molar-refractivity contribution in [2.75, 3.05) is 32.1 Å². The molecule has 4 aromatic rings. The minimum Gasteiger partial charge on any atom is -0.297 e. The maximum Gasteiger partial charge on any atom is 0.362 e. The molecule has 1 amide bonds. The second kappa shape index (κ2) is 20.0. The van der Waals surface area contributed by atoms with Gasteiger partial charge in [0.15, 0.2) is 0 Å². The normalized spacial score (nSPS) is 11.7. The van der Waals surface area contributed by atoms with Gasteiger partial charge >= 0.3 is 6.03 Å². The monoisotopic (exact) mass is 774 g/mol. The van der Waals surface area contributed by atoms with E-state index >= 15 is 0 Å². The molecule has 15 nitrogen and oxygen atoms in total. The van der Waals surface area contributed by atoms with E-state index in [1.54, 1.807) is 11.8 Å². The molecule has 52 heavy (non-hydrogen) atoms. The molecule has 0 saturated heterocycles. The highest BCUT2D eigenvalue weighted by Crippen LogP contribution is 2.22. The smallest absolute Gasteiger partial charge is 0.297 e. The summed E-state index contributed by atoms with van der Waals surface area (Å²) in [5.74, 6) is 1.38. The van der Waals surface area contributed by atoms with Crippen LogP contribution >= 0.6 is 11.8 Å². The Morgan fingerprint density at radius 3 is 1.98 bits per heavy atom. The highest BCUT2D eigenvalue weighted by Gasteiger charge is 2.17. The van der Waals surface area contributed by atoms with Crippen molar-refractivity contribution in [1.29, 1.82) is 0 Å². The molecule has 282 valence electrons. The topological polar surface area (TPSA) is 207 Å². The van der Waals surface area contributed by atoms with Crippen molar-refractivity contribution in [2.24, 2.45) is 0 Å². The number of fused-ring (bicyclic) bond motifs is 1. The molecule has 0 aliphatic rings. The summed E-state index contributed by atoms with van der Waals surface area (Å²) >= 11 is 1.63. The number of nitro groups is 1. The molecule has 0 saturated carbocycles.